The van der Waals surface area contributed by atoms with Crippen LogP contribution >= 0.6 is 23.4 Å². The van der Waals surface area contributed by atoms with Gasteiger partial charge in [-0.2, -0.15) is 0 Å². The molecule has 1 aliphatic heterocycles. The Balaban J connectivity index is 2.46. The summed E-state index contributed by atoms with van der Waals surface area (Å²) >= 11 is 7.54. The van der Waals surface area contributed by atoms with Crippen LogP contribution in [-0.2, 0) is 4.79 Å². The zero-order chi connectivity index (χ0) is 10.8. The maximum absolute atomic E-state index is 10.5. The highest BCUT2D eigenvalue weighted by atomic mass is 35.5. The van der Waals surface area contributed by atoms with E-state index in [0.717, 1.165) is 33.5 Å². The summed E-state index contributed by atoms with van der Waals surface area (Å²) in [4.78, 5) is 13.7. The van der Waals surface area contributed by atoms with Crippen LogP contribution in [0.1, 0.15) is 6.92 Å². The lowest BCUT2D eigenvalue weighted by molar-refractivity contribution is -0.104. The van der Waals surface area contributed by atoms with Gasteiger partial charge in [0.15, 0.2) is 0 Å². The first-order valence-corrected chi connectivity index (χ1v) is 5.86. The number of nitrogens with zero attached hydrogens (tertiary/aromatic N) is 1. The zero-order valence-corrected chi connectivity index (χ0v) is 9.81. The molecule has 0 saturated carbocycles. The molecule has 0 bridgehead atoms. The molecule has 2 nitrogen and oxygen atoms in total. The minimum Gasteiger partial charge on any atom is -0.335 e. The van der Waals surface area contributed by atoms with E-state index in [-0.39, 0.29) is 0 Å². The van der Waals surface area contributed by atoms with Gasteiger partial charge in [-0.05, 0) is 25.1 Å². The molecule has 0 aliphatic carbocycles. The smallest absolute Gasteiger partial charge is 0.145 e. The van der Waals surface area contributed by atoms with Crippen LogP contribution in [0.25, 0.3) is 0 Å². The van der Waals surface area contributed by atoms with Crippen molar-refractivity contribution in [2.24, 2.45) is 0 Å². The van der Waals surface area contributed by atoms with E-state index in [4.69, 9.17) is 11.6 Å². The molecule has 0 saturated heterocycles. The van der Waals surface area contributed by atoms with Crippen molar-refractivity contribution in [3.63, 3.8) is 0 Å². The van der Waals surface area contributed by atoms with Gasteiger partial charge in [0, 0.05) is 22.5 Å². The molecule has 15 heavy (non-hydrogen) atoms. The number of aldehydes is 1. The molecule has 0 spiro atoms. The average molecular weight is 240 g/mol. The number of rotatable bonds is 2. The Bertz CT molecular complexity index is 431. The van der Waals surface area contributed by atoms with Crippen molar-refractivity contribution in [2.75, 3.05) is 11.4 Å². The predicted molar refractivity (Wildman–Crippen MR) is 64.5 cm³/mol. The number of allylic oxidation sites excluding steroid dienone is 1. The molecule has 0 fully saturated rings. The second-order valence-electron chi connectivity index (χ2n) is 3.10. The van der Waals surface area contributed by atoms with Gasteiger partial charge in [0.25, 0.3) is 0 Å². The molecular formula is C11H10ClNOS. The number of fused-ring (bicyclic) bond motifs is 1. The van der Waals surface area contributed by atoms with E-state index >= 15 is 0 Å². The quantitative estimate of drug-likeness (QED) is 0.583. The van der Waals surface area contributed by atoms with Crippen LogP contribution in [-0.4, -0.2) is 12.8 Å². The SMILES string of the molecule is CCN1C(=CC=O)Sc2ccc(Cl)cc21. The van der Waals surface area contributed by atoms with Gasteiger partial charge in [-0.15, -0.1) is 0 Å². The maximum atomic E-state index is 10.5. The van der Waals surface area contributed by atoms with E-state index in [1.54, 1.807) is 17.8 Å². The molecule has 4 heteroatoms. The molecule has 0 N–H and O–H groups in total. The summed E-state index contributed by atoms with van der Waals surface area (Å²) in [6.45, 7) is 2.88. The summed E-state index contributed by atoms with van der Waals surface area (Å²) in [5.41, 5.74) is 1.09. The summed E-state index contributed by atoms with van der Waals surface area (Å²) in [5.74, 6) is 0. The monoisotopic (exact) mass is 239 g/mol. The molecule has 0 radical (unpaired) electrons. The van der Waals surface area contributed by atoms with Crippen molar-refractivity contribution >= 4 is 35.3 Å². The van der Waals surface area contributed by atoms with Gasteiger partial charge >= 0.3 is 0 Å². The van der Waals surface area contributed by atoms with E-state index < -0.39 is 0 Å². The number of anilines is 1. The fraction of sp³-hybridized carbons (Fsp3) is 0.182. The second-order valence-corrected chi connectivity index (χ2v) is 4.60. The molecule has 1 aliphatic rings. The number of benzene rings is 1. The van der Waals surface area contributed by atoms with Crippen LogP contribution in [0.2, 0.25) is 5.02 Å². The van der Waals surface area contributed by atoms with E-state index in [2.05, 4.69) is 11.8 Å². The summed E-state index contributed by atoms with van der Waals surface area (Å²) in [6.07, 6.45) is 2.40. The number of hydrogen-bond acceptors (Lipinski definition) is 3. The number of thioether (sulfide) groups is 1. The van der Waals surface area contributed by atoms with Gasteiger partial charge in [-0.1, -0.05) is 23.4 Å². The van der Waals surface area contributed by atoms with Crippen molar-refractivity contribution in [1.82, 2.24) is 0 Å². The van der Waals surface area contributed by atoms with Crippen LogP contribution < -0.4 is 4.90 Å². The molecule has 1 aromatic rings. The summed E-state index contributed by atoms with van der Waals surface area (Å²) < 4.78 is 0. The van der Waals surface area contributed by atoms with E-state index in [0.29, 0.717) is 0 Å². The average Bonchev–Trinajstić information content (AvgIpc) is 2.55. The number of carbonyl (C=O) groups is 1. The Morgan fingerprint density at radius 1 is 1.53 bits per heavy atom. The first-order valence-electron chi connectivity index (χ1n) is 4.66. The Morgan fingerprint density at radius 2 is 2.33 bits per heavy atom. The fourth-order valence-electron chi connectivity index (χ4n) is 1.58. The predicted octanol–water partition coefficient (Wildman–Crippen LogP) is 3.31. The van der Waals surface area contributed by atoms with Crippen LogP contribution in [0.3, 0.4) is 0 Å². The van der Waals surface area contributed by atoms with Crippen molar-refractivity contribution < 1.29 is 4.79 Å². The second kappa shape index (κ2) is 4.29. The molecule has 0 amide bonds. The molecular weight excluding hydrogens is 230 g/mol. The van der Waals surface area contributed by atoms with Gasteiger partial charge in [0.2, 0.25) is 0 Å². The van der Waals surface area contributed by atoms with Gasteiger partial charge < -0.3 is 4.90 Å². The molecule has 0 atom stereocenters. The standard InChI is InChI=1S/C11H10ClNOS/c1-2-13-9-7-8(12)3-4-10(9)15-11(13)5-6-14/h3-7H,2H2,1H3. The van der Waals surface area contributed by atoms with Gasteiger partial charge in [-0.25, -0.2) is 0 Å². The minimum absolute atomic E-state index is 0.722. The van der Waals surface area contributed by atoms with Crippen molar-refractivity contribution in [2.45, 2.75) is 11.8 Å². The molecule has 1 heterocycles. The highest BCUT2D eigenvalue weighted by Crippen LogP contribution is 2.46. The van der Waals surface area contributed by atoms with E-state index in [1.165, 1.54) is 0 Å². The Kier molecular flexibility index (Phi) is 3.03. The van der Waals surface area contributed by atoms with E-state index in [9.17, 15) is 4.79 Å². The Hall–Kier alpha value is -0.930. The summed E-state index contributed by atoms with van der Waals surface area (Å²) in [6, 6.07) is 5.78. The summed E-state index contributed by atoms with van der Waals surface area (Å²) in [5, 5.41) is 1.69. The minimum atomic E-state index is 0.722. The Morgan fingerprint density at radius 3 is 3.00 bits per heavy atom. The number of halogens is 1. The molecule has 2 rings (SSSR count). The van der Waals surface area contributed by atoms with Gasteiger partial charge in [0.1, 0.15) is 6.29 Å². The van der Waals surface area contributed by atoms with Crippen LogP contribution in [0.15, 0.2) is 34.2 Å². The highest BCUT2D eigenvalue weighted by molar-refractivity contribution is 8.03. The lowest BCUT2D eigenvalue weighted by Crippen LogP contribution is -2.16. The maximum Gasteiger partial charge on any atom is 0.145 e. The van der Waals surface area contributed by atoms with Gasteiger partial charge in [0.05, 0.1) is 10.7 Å². The van der Waals surface area contributed by atoms with Crippen molar-refractivity contribution in [3.8, 4) is 0 Å². The van der Waals surface area contributed by atoms with Crippen LogP contribution in [0, 0.1) is 0 Å². The zero-order valence-electron chi connectivity index (χ0n) is 8.24. The normalized spacial score (nSPS) is 16.9. The third-order valence-electron chi connectivity index (χ3n) is 2.22. The topological polar surface area (TPSA) is 20.3 Å². The summed E-state index contributed by atoms with van der Waals surface area (Å²) in [7, 11) is 0. The third kappa shape index (κ3) is 1.90. The first-order chi connectivity index (χ1) is 7.26. The largest absolute Gasteiger partial charge is 0.335 e. The Labute approximate surface area is 97.9 Å². The van der Waals surface area contributed by atoms with Crippen molar-refractivity contribution in [1.29, 1.82) is 0 Å². The van der Waals surface area contributed by atoms with Crippen LogP contribution in [0.4, 0.5) is 5.69 Å². The van der Waals surface area contributed by atoms with Crippen LogP contribution in [0.5, 0.6) is 0 Å². The lowest BCUT2D eigenvalue weighted by atomic mass is 10.3. The van der Waals surface area contributed by atoms with Gasteiger partial charge in [-0.3, -0.25) is 4.79 Å². The number of carbonyl (C=O) groups excluding carboxylic acids is 1. The number of hydrogen-bond donors (Lipinski definition) is 0. The molecule has 1 aromatic carbocycles. The lowest BCUT2D eigenvalue weighted by Gasteiger charge is -2.17. The van der Waals surface area contributed by atoms with Crippen molar-refractivity contribution in [3.05, 3.63) is 34.3 Å². The fourth-order valence-corrected chi connectivity index (χ4v) is 2.85. The first kappa shape index (κ1) is 10.6. The highest BCUT2D eigenvalue weighted by Gasteiger charge is 2.23. The molecule has 0 aromatic heterocycles. The third-order valence-corrected chi connectivity index (χ3v) is 3.59. The molecule has 0 unspecified atom stereocenters. The van der Waals surface area contributed by atoms with E-state index in [1.807, 2.05) is 18.2 Å². The molecule has 78 valence electrons.